The van der Waals surface area contributed by atoms with Crippen LogP contribution in [-0.4, -0.2) is 20.3 Å². The molecule has 0 N–H and O–H groups in total. The average molecular weight is 291 g/mol. The second-order valence-corrected chi connectivity index (χ2v) is 3.45. The zero-order chi connectivity index (χ0) is 8.60. The first-order valence-corrected chi connectivity index (χ1v) is 4.33. The predicted octanol–water partition coefficient (Wildman–Crippen LogP) is -1.00. The molecule has 0 aliphatic carbocycles. The fraction of sp³-hybridized carbons (Fsp3) is 0.400. The monoisotopic (exact) mass is 291 g/mol. The van der Waals surface area contributed by atoms with Crippen LogP contribution in [-0.2, 0) is 0 Å². The molecule has 3 heteroatoms. The molecule has 0 radical (unpaired) electrons. The molecule has 2 nitrogen and oxygen atoms in total. The summed E-state index contributed by atoms with van der Waals surface area (Å²) in [5.74, 6) is 1.04. The summed E-state index contributed by atoms with van der Waals surface area (Å²) in [5, 5.41) is 0. The molecule has 1 aliphatic heterocycles. The highest BCUT2D eigenvalue weighted by Gasteiger charge is 2.33. The predicted molar refractivity (Wildman–Crippen MR) is 50.2 cm³/mol. The first-order chi connectivity index (χ1) is 5.76. The van der Waals surface area contributed by atoms with Crippen LogP contribution in [0.1, 0.15) is 6.92 Å². The first-order valence-electron chi connectivity index (χ1n) is 4.33. The minimum Gasteiger partial charge on any atom is -1.00 e. The van der Waals surface area contributed by atoms with E-state index in [4.69, 9.17) is 4.74 Å². The van der Waals surface area contributed by atoms with Gasteiger partial charge in [0.25, 0.3) is 0 Å². The van der Waals surface area contributed by atoms with Crippen molar-refractivity contribution in [3.63, 3.8) is 0 Å². The second kappa shape index (κ2) is 3.84. The topological polar surface area (TPSA) is 9.23 Å². The highest BCUT2D eigenvalue weighted by atomic mass is 127. The lowest BCUT2D eigenvalue weighted by molar-refractivity contribution is -0.00000285. The molecule has 13 heavy (non-hydrogen) atoms. The van der Waals surface area contributed by atoms with E-state index in [0.717, 1.165) is 23.5 Å². The molecule has 0 amide bonds. The number of halogens is 1. The summed E-state index contributed by atoms with van der Waals surface area (Å²) in [6.45, 7) is 4.04. The van der Waals surface area contributed by atoms with Crippen molar-refractivity contribution in [1.82, 2.24) is 4.48 Å². The van der Waals surface area contributed by atoms with Crippen LogP contribution in [0.5, 0.6) is 5.75 Å². The van der Waals surface area contributed by atoms with Gasteiger partial charge < -0.3 is 28.7 Å². The van der Waals surface area contributed by atoms with Crippen molar-refractivity contribution < 1.29 is 28.7 Å². The van der Waals surface area contributed by atoms with Gasteiger partial charge in [-0.2, -0.15) is 0 Å². The van der Waals surface area contributed by atoms with Crippen molar-refractivity contribution in [2.24, 2.45) is 0 Å². The standard InChI is InChI=1S/C10H14NO.HI/c1-3-11(2)8-12-10-7-5-4-6-9(10)11;/h4-7H,3,8H2,1-2H3;1H/q+1;/p-1. The molecule has 1 aliphatic rings. The van der Waals surface area contributed by atoms with Gasteiger partial charge in [0.05, 0.1) is 13.6 Å². The van der Waals surface area contributed by atoms with E-state index in [2.05, 4.69) is 26.1 Å². The van der Waals surface area contributed by atoms with Gasteiger partial charge in [0.15, 0.2) is 11.4 Å². The van der Waals surface area contributed by atoms with Crippen molar-refractivity contribution in [2.75, 3.05) is 20.3 Å². The van der Waals surface area contributed by atoms with Gasteiger partial charge >= 0.3 is 0 Å². The maximum absolute atomic E-state index is 5.58. The van der Waals surface area contributed by atoms with Crippen molar-refractivity contribution >= 4 is 5.69 Å². The van der Waals surface area contributed by atoms with E-state index in [-0.39, 0.29) is 24.0 Å². The SMILES string of the molecule is CC[N+]1(C)COc2ccccc21.[I-]. The number of hydrogen-bond donors (Lipinski definition) is 0. The third-order valence-corrected chi connectivity index (χ3v) is 2.65. The van der Waals surface area contributed by atoms with Crippen LogP contribution in [0.25, 0.3) is 0 Å². The number of nitrogens with zero attached hydrogens (tertiary/aromatic N) is 1. The normalized spacial score (nSPS) is 24.5. The van der Waals surface area contributed by atoms with Gasteiger partial charge in [0, 0.05) is 6.07 Å². The number of hydrogen-bond acceptors (Lipinski definition) is 1. The molecule has 0 saturated heterocycles. The van der Waals surface area contributed by atoms with Crippen LogP contribution < -0.4 is 33.2 Å². The summed E-state index contributed by atoms with van der Waals surface area (Å²) >= 11 is 0. The van der Waals surface area contributed by atoms with Crippen LogP contribution in [0.2, 0.25) is 0 Å². The molecule has 1 unspecified atom stereocenters. The highest BCUT2D eigenvalue weighted by molar-refractivity contribution is 5.57. The van der Waals surface area contributed by atoms with Gasteiger partial charge in [0.2, 0.25) is 6.73 Å². The number of quaternary nitrogens is 1. The summed E-state index contributed by atoms with van der Waals surface area (Å²) in [6.07, 6.45) is 0. The van der Waals surface area contributed by atoms with E-state index in [1.807, 2.05) is 12.1 Å². The molecule has 0 spiro atoms. The van der Waals surface area contributed by atoms with Crippen LogP contribution in [0.3, 0.4) is 0 Å². The summed E-state index contributed by atoms with van der Waals surface area (Å²) < 4.78 is 6.48. The largest absolute Gasteiger partial charge is 1.00 e. The Bertz CT molecular complexity index is 303. The second-order valence-electron chi connectivity index (χ2n) is 3.45. The Morgan fingerprint density at radius 2 is 2.08 bits per heavy atom. The summed E-state index contributed by atoms with van der Waals surface area (Å²) in [4.78, 5) is 0. The summed E-state index contributed by atoms with van der Waals surface area (Å²) in [5.41, 5.74) is 1.31. The Morgan fingerprint density at radius 3 is 2.77 bits per heavy atom. The molecule has 1 aromatic carbocycles. The molecule has 1 heterocycles. The van der Waals surface area contributed by atoms with Crippen molar-refractivity contribution in [3.05, 3.63) is 24.3 Å². The number of fused-ring (bicyclic) bond motifs is 1. The third-order valence-electron chi connectivity index (χ3n) is 2.65. The molecule has 1 aromatic rings. The van der Waals surface area contributed by atoms with Crippen LogP contribution in [0.15, 0.2) is 24.3 Å². The molecule has 2 rings (SSSR count). The molecule has 0 fully saturated rings. The van der Waals surface area contributed by atoms with E-state index in [1.54, 1.807) is 0 Å². The molecular weight excluding hydrogens is 277 g/mol. The zero-order valence-electron chi connectivity index (χ0n) is 7.96. The Labute approximate surface area is 96.1 Å². The Hall–Kier alpha value is -0.290. The number of rotatable bonds is 1. The van der Waals surface area contributed by atoms with E-state index in [1.165, 1.54) is 5.69 Å². The van der Waals surface area contributed by atoms with Gasteiger partial charge in [-0.3, -0.25) is 4.48 Å². The van der Waals surface area contributed by atoms with E-state index in [9.17, 15) is 0 Å². The Morgan fingerprint density at radius 1 is 1.38 bits per heavy atom. The number of para-hydroxylation sites is 2. The van der Waals surface area contributed by atoms with Crippen molar-refractivity contribution in [2.45, 2.75) is 6.92 Å². The number of ether oxygens (including phenoxy) is 1. The Kier molecular flexibility index (Phi) is 3.18. The smallest absolute Gasteiger partial charge is 0.228 e. The maximum Gasteiger partial charge on any atom is 0.228 e. The average Bonchev–Trinajstić information content (AvgIpc) is 2.46. The minimum absolute atomic E-state index is 0. The van der Waals surface area contributed by atoms with E-state index in [0.29, 0.717) is 0 Å². The van der Waals surface area contributed by atoms with Crippen LogP contribution in [0, 0.1) is 0 Å². The molecular formula is C10H14INO. The minimum atomic E-state index is 0. The first kappa shape index (κ1) is 10.8. The molecule has 72 valence electrons. The summed E-state index contributed by atoms with van der Waals surface area (Å²) in [6, 6.07) is 8.27. The highest BCUT2D eigenvalue weighted by Crippen LogP contribution is 2.37. The Balaban J connectivity index is 0.000000845. The fourth-order valence-electron chi connectivity index (χ4n) is 1.57. The molecule has 0 aromatic heterocycles. The van der Waals surface area contributed by atoms with Gasteiger partial charge in [0.1, 0.15) is 0 Å². The quantitative estimate of drug-likeness (QED) is 0.476. The lowest BCUT2D eigenvalue weighted by Crippen LogP contribution is -3.00. The van der Waals surface area contributed by atoms with E-state index < -0.39 is 0 Å². The van der Waals surface area contributed by atoms with Gasteiger partial charge in [-0.25, -0.2) is 0 Å². The molecule has 0 bridgehead atoms. The van der Waals surface area contributed by atoms with Crippen molar-refractivity contribution in [3.8, 4) is 5.75 Å². The van der Waals surface area contributed by atoms with Crippen LogP contribution in [0.4, 0.5) is 5.69 Å². The van der Waals surface area contributed by atoms with Gasteiger partial charge in [-0.05, 0) is 13.0 Å². The van der Waals surface area contributed by atoms with Gasteiger partial charge in [-0.1, -0.05) is 12.1 Å². The third kappa shape index (κ3) is 1.67. The van der Waals surface area contributed by atoms with Gasteiger partial charge in [-0.15, -0.1) is 0 Å². The number of benzene rings is 1. The summed E-state index contributed by atoms with van der Waals surface area (Å²) in [7, 11) is 2.20. The van der Waals surface area contributed by atoms with Crippen molar-refractivity contribution in [1.29, 1.82) is 0 Å². The maximum atomic E-state index is 5.58. The lowest BCUT2D eigenvalue weighted by atomic mass is 10.2. The lowest BCUT2D eigenvalue weighted by Gasteiger charge is -2.24. The van der Waals surface area contributed by atoms with E-state index >= 15 is 0 Å². The zero-order valence-corrected chi connectivity index (χ0v) is 10.1. The van der Waals surface area contributed by atoms with Crippen LogP contribution >= 0.6 is 0 Å². The fourth-order valence-corrected chi connectivity index (χ4v) is 1.57. The molecule has 0 saturated carbocycles. The molecule has 1 atom stereocenters.